The molecule has 1 saturated carbocycles. The summed E-state index contributed by atoms with van der Waals surface area (Å²) in [5.41, 5.74) is 0.967. The Bertz CT molecular complexity index is 465. The highest BCUT2D eigenvalue weighted by molar-refractivity contribution is 9.10. The second kappa shape index (κ2) is 6.37. The smallest absolute Gasteiger partial charge is 0.271 e. The van der Waals surface area contributed by atoms with E-state index >= 15 is 0 Å². The average molecular weight is 327 g/mol. The maximum Gasteiger partial charge on any atom is 0.271 e. The third-order valence-electron chi connectivity index (χ3n) is 3.94. The van der Waals surface area contributed by atoms with Crippen LogP contribution < -0.4 is 5.32 Å². The van der Waals surface area contributed by atoms with Crippen LogP contribution >= 0.6 is 15.9 Å². The lowest BCUT2D eigenvalue weighted by Gasteiger charge is -2.32. The maximum atomic E-state index is 10.8. The number of rotatable bonds is 4. The van der Waals surface area contributed by atoms with Crippen molar-refractivity contribution in [3.05, 3.63) is 32.8 Å². The summed E-state index contributed by atoms with van der Waals surface area (Å²) in [6.07, 6.45) is 6.09. The number of non-ortho nitro benzene ring substituents is 1. The number of hydrogen-bond donors (Lipinski definition) is 1. The molecule has 0 radical (unpaired) electrons. The number of nitrogens with zero attached hydrogens (tertiary/aromatic N) is 1. The van der Waals surface area contributed by atoms with Crippen molar-refractivity contribution >= 4 is 27.3 Å². The zero-order valence-corrected chi connectivity index (χ0v) is 12.6. The molecule has 19 heavy (non-hydrogen) atoms. The molecule has 0 spiro atoms. The third-order valence-corrected chi connectivity index (χ3v) is 4.63. The van der Waals surface area contributed by atoms with E-state index in [4.69, 9.17) is 0 Å². The molecule has 2 unspecified atom stereocenters. The number of nitro groups is 1. The van der Waals surface area contributed by atoms with Crippen LogP contribution in [0.25, 0.3) is 0 Å². The molecule has 0 aliphatic heterocycles. The summed E-state index contributed by atoms with van der Waals surface area (Å²) in [5.74, 6) is 0.667. The molecule has 1 aliphatic carbocycles. The van der Waals surface area contributed by atoms with Gasteiger partial charge in [0.05, 0.1) is 10.6 Å². The van der Waals surface area contributed by atoms with Gasteiger partial charge in [-0.05, 0) is 40.8 Å². The maximum absolute atomic E-state index is 10.8. The summed E-state index contributed by atoms with van der Waals surface area (Å²) in [4.78, 5) is 10.5. The largest absolute Gasteiger partial charge is 0.381 e. The van der Waals surface area contributed by atoms with Crippen molar-refractivity contribution < 1.29 is 4.92 Å². The molecule has 0 amide bonds. The first-order valence-corrected chi connectivity index (χ1v) is 7.61. The van der Waals surface area contributed by atoms with Crippen LogP contribution in [0.5, 0.6) is 0 Å². The lowest BCUT2D eigenvalue weighted by molar-refractivity contribution is -0.384. The minimum Gasteiger partial charge on any atom is -0.381 e. The van der Waals surface area contributed by atoms with Gasteiger partial charge >= 0.3 is 0 Å². The zero-order chi connectivity index (χ0) is 13.8. The standard InChI is InChI=1S/C14H19BrN2O2/c1-2-10-5-3-4-6-13(10)16-14-9-11(17(18)19)7-8-12(14)15/h7-10,13,16H,2-6H2,1H3. The summed E-state index contributed by atoms with van der Waals surface area (Å²) in [6.45, 7) is 2.22. The van der Waals surface area contributed by atoms with Crippen molar-refractivity contribution in [1.29, 1.82) is 0 Å². The Morgan fingerprint density at radius 3 is 2.84 bits per heavy atom. The fourth-order valence-electron chi connectivity index (χ4n) is 2.82. The molecule has 0 aromatic heterocycles. The summed E-state index contributed by atoms with van der Waals surface area (Å²) in [6, 6.07) is 5.31. The Morgan fingerprint density at radius 1 is 1.42 bits per heavy atom. The quantitative estimate of drug-likeness (QED) is 0.642. The van der Waals surface area contributed by atoms with Gasteiger partial charge in [0.25, 0.3) is 5.69 Å². The van der Waals surface area contributed by atoms with E-state index in [9.17, 15) is 10.1 Å². The van der Waals surface area contributed by atoms with E-state index in [0.717, 1.165) is 23.0 Å². The Hall–Kier alpha value is -1.10. The number of hydrogen-bond acceptors (Lipinski definition) is 3. The van der Waals surface area contributed by atoms with Gasteiger partial charge in [0.1, 0.15) is 0 Å². The Kier molecular flexibility index (Phi) is 4.80. The van der Waals surface area contributed by atoms with E-state index in [1.807, 2.05) is 0 Å². The van der Waals surface area contributed by atoms with Gasteiger partial charge in [-0.15, -0.1) is 0 Å². The van der Waals surface area contributed by atoms with Crippen LogP contribution in [0.2, 0.25) is 0 Å². The zero-order valence-electron chi connectivity index (χ0n) is 11.1. The normalized spacial score (nSPS) is 23.1. The van der Waals surface area contributed by atoms with E-state index < -0.39 is 0 Å². The van der Waals surface area contributed by atoms with Crippen molar-refractivity contribution in [2.24, 2.45) is 5.92 Å². The highest BCUT2D eigenvalue weighted by Crippen LogP contribution is 2.33. The van der Waals surface area contributed by atoms with Gasteiger partial charge < -0.3 is 5.32 Å². The molecule has 0 bridgehead atoms. The Balaban J connectivity index is 2.17. The van der Waals surface area contributed by atoms with Crippen LogP contribution in [0.15, 0.2) is 22.7 Å². The number of halogens is 1. The molecule has 2 atom stereocenters. The predicted octanol–water partition coefficient (Wildman–Crippen LogP) is 4.74. The van der Waals surface area contributed by atoms with Gasteiger partial charge in [-0.25, -0.2) is 0 Å². The SMILES string of the molecule is CCC1CCCCC1Nc1cc([N+](=O)[O-])ccc1Br. The van der Waals surface area contributed by atoms with Gasteiger partial charge in [-0.1, -0.05) is 26.2 Å². The molecule has 2 rings (SSSR count). The van der Waals surface area contributed by atoms with Crippen molar-refractivity contribution in [3.63, 3.8) is 0 Å². The molecular formula is C14H19BrN2O2. The number of nitrogens with one attached hydrogen (secondary N) is 1. The minimum atomic E-state index is -0.351. The van der Waals surface area contributed by atoms with Crippen molar-refractivity contribution in [3.8, 4) is 0 Å². The summed E-state index contributed by atoms with van der Waals surface area (Å²) in [5, 5.41) is 14.3. The summed E-state index contributed by atoms with van der Waals surface area (Å²) < 4.78 is 0.888. The van der Waals surface area contributed by atoms with E-state index in [1.165, 1.54) is 25.3 Å². The first-order valence-electron chi connectivity index (χ1n) is 6.82. The molecule has 1 aromatic carbocycles. The van der Waals surface area contributed by atoms with E-state index in [-0.39, 0.29) is 10.6 Å². The van der Waals surface area contributed by atoms with Crippen LogP contribution in [-0.2, 0) is 0 Å². The molecule has 4 nitrogen and oxygen atoms in total. The van der Waals surface area contributed by atoms with Crippen LogP contribution in [0.4, 0.5) is 11.4 Å². The minimum absolute atomic E-state index is 0.134. The molecule has 0 saturated heterocycles. The highest BCUT2D eigenvalue weighted by Gasteiger charge is 2.24. The van der Waals surface area contributed by atoms with Gasteiger partial charge in [-0.3, -0.25) is 10.1 Å². The van der Waals surface area contributed by atoms with Crippen molar-refractivity contribution in [1.82, 2.24) is 0 Å². The topological polar surface area (TPSA) is 55.2 Å². The second-order valence-electron chi connectivity index (χ2n) is 5.12. The second-order valence-corrected chi connectivity index (χ2v) is 5.98. The molecule has 5 heteroatoms. The van der Waals surface area contributed by atoms with Gasteiger partial charge in [-0.2, -0.15) is 0 Å². The molecule has 1 fully saturated rings. The lowest BCUT2D eigenvalue weighted by Crippen LogP contribution is -2.31. The van der Waals surface area contributed by atoms with Crippen molar-refractivity contribution in [2.45, 2.75) is 45.1 Å². The molecular weight excluding hydrogens is 308 g/mol. The molecule has 0 heterocycles. The van der Waals surface area contributed by atoms with Crippen LogP contribution in [0.3, 0.4) is 0 Å². The van der Waals surface area contributed by atoms with Crippen LogP contribution in [0, 0.1) is 16.0 Å². The molecule has 104 valence electrons. The van der Waals surface area contributed by atoms with Gasteiger partial charge in [0, 0.05) is 22.6 Å². The predicted molar refractivity (Wildman–Crippen MR) is 80.5 cm³/mol. The lowest BCUT2D eigenvalue weighted by atomic mass is 9.83. The summed E-state index contributed by atoms with van der Waals surface area (Å²) >= 11 is 3.46. The fourth-order valence-corrected chi connectivity index (χ4v) is 3.18. The fraction of sp³-hybridized carbons (Fsp3) is 0.571. The Morgan fingerprint density at radius 2 is 2.16 bits per heavy atom. The number of benzene rings is 1. The monoisotopic (exact) mass is 326 g/mol. The molecule has 1 aliphatic rings. The van der Waals surface area contributed by atoms with Crippen LogP contribution in [-0.4, -0.2) is 11.0 Å². The summed E-state index contributed by atoms with van der Waals surface area (Å²) in [7, 11) is 0. The van der Waals surface area contributed by atoms with E-state index in [1.54, 1.807) is 12.1 Å². The third kappa shape index (κ3) is 3.47. The first kappa shape index (κ1) is 14.3. The average Bonchev–Trinajstić information content (AvgIpc) is 2.41. The number of anilines is 1. The number of nitro benzene ring substituents is 1. The molecule has 1 aromatic rings. The van der Waals surface area contributed by atoms with Crippen LogP contribution in [0.1, 0.15) is 39.0 Å². The Labute approximate surface area is 121 Å². The first-order chi connectivity index (χ1) is 9.11. The van der Waals surface area contributed by atoms with Gasteiger partial charge in [0.2, 0.25) is 0 Å². The molecule has 1 N–H and O–H groups in total. The van der Waals surface area contributed by atoms with E-state index in [0.29, 0.717) is 12.0 Å². The van der Waals surface area contributed by atoms with Crippen molar-refractivity contribution in [2.75, 3.05) is 5.32 Å². The van der Waals surface area contributed by atoms with Gasteiger partial charge in [0.15, 0.2) is 0 Å². The van der Waals surface area contributed by atoms with E-state index in [2.05, 4.69) is 28.2 Å². The highest BCUT2D eigenvalue weighted by atomic mass is 79.9.